The fraction of sp³-hybridized carbons (Fsp3) is 0.625. The summed E-state index contributed by atoms with van der Waals surface area (Å²) in [7, 11) is 0. The molecule has 31 heavy (non-hydrogen) atoms. The normalized spacial score (nSPS) is 29.4. The number of nitrogens with one attached hydrogen (secondary N) is 1. The van der Waals surface area contributed by atoms with Crippen LogP contribution in [-0.2, 0) is 14.9 Å². The van der Waals surface area contributed by atoms with Gasteiger partial charge >= 0.3 is 5.97 Å². The van der Waals surface area contributed by atoms with Gasteiger partial charge in [0.2, 0.25) is 5.89 Å². The van der Waals surface area contributed by atoms with E-state index in [1.54, 1.807) is 0 Å². The summed E-state index contributed by atoms with van der Waals surface area (Å²) < 4.78 is 11.5. The molecule has 1 aromatic rings. The molecule has 0 saturated carbocycles. The first-order chi connectivity index (χ1) is 14.7. The van der Waals surface area contributed by atoms with E-state index < -0.39 is 17.4 Å². The number of carboxylic acid groups (broad SMARTS) is 1. The topological polar surface area (TPSA) is 97.5 Å². The molecule has 2 atom stereocenters. The Hall–Kier alpha value is -2.41. The van der Waals surface area contributed by atoms with E-state index in [4.69, 9.17) is 14.2 Å². The molecule has 1 aliphatic carbocycles. The van der Waals surface area contributed by atoms with Crippen LogP contribution >= 0.6 is 0 Å². The molecular formula is C24H37N3O4. The first-order valence-electron chi connectivity index (χ1n) is 11.3. The number of carboxylic acids is 1. The van der Waals surface area contributed by atoms with Crippen LogP contribution in [0.25, 0.3) is 0 Å². The second kappa shape index (κ2) is 10.3. The minimum absolute atomic E-state index is 0.0794. The van der Waals surface area contributed by atoms with Crippen LogP contribution in [0.1, 0.15) is 78.9 Å². The average molecular weight is 432 g/mol. The number of fused-ring (bicyclic) bond motifs is 1. The minimum atomic E-state index is -0.923. The molecule has 0 amide bonds. The van der Waals surface area contributed by atoms with Gasteiger partial charge in [0.15, 0.2) is 5.82 Å². The zero-order valence-electron chi connectivity index (χ0n) is 19.9. The van der Waals surface area contributed by atoms with Crippen molar-refractivity contribution < 1.29 is 19.2 Å². The first-order valence-corrected chi connectivity index (χ1v) is 11.3. The number of ether oxygens (including phenoxy) is 1. The molecular weight excluding hydrogens is 394 g/mol. The Morgan fingerprint density at radius 1 is 1.23 bits per heavy atom. The van der Waals surface area contributed by atoms with E-state index in [0.717, 1.165) is 18.4 Å². The van der Waals surface area contributed by atoms with Crippen molar-refractivity contribution in [1.29, 1.82) is 0 Å². The molecule has 7 nitrogen and oxygen atoms in total. The largest absolute Gasteiger partial charge is 0.491 e. The second-order valence-corrected chi connectivity index (χ2v) is 8.67. The number of allylic oxidation sites excluding steroid dienone is 4. The maximum Gasteiger partial charge on any atom is 0.324 e. The zero-order valence-corrected chi connectivity index (χ0v) is 19.9. The zero-order chi connectivity index (χ0) is 23.2. The molecule has 1 saturated heterocycles. The Labute approximate surface area is 185 Å². The summed E-state index contributed by atoms with van der Waals surface area (Å²) in [5.41, 5.74) is 0.0114. The van der Waals surface area contributed by atoms with E-state index in [0.29, 0.717) is 24.0 Å². The van der Waals surface area contributed by atoms with E-state index in [9.17, 15) is 9.90 Å². The van der Waals surface area contributed by atoms with Crippen LogP contribution in [0.4, 0.5) is 0 Å². The molecule has 1 fully saturated rings. The highest BCUT2D eigenvalue weighted by Gasteiger charge is 2.34. The minimum Gasteiger partial charge on any atom is -0.491 e. The van der Waals surface area contributed by atoms with E-state index >= 15 is 0 Å². The van der Waals surface area contributed by atoms with Crippen LogP contribution in [-0.4, -0.2) is 40.4 Å². The summed E-state index contributed by atoms with van der Waals surface area (Å²) in [5.74, 6) is 1.28. The van der Waals surface area contributed by atoms with Crippen LogP contribution in [0.5, 0.6) is 0 Å². The van der Waals surface area contributed by atoms with Crippen LogP contribution < -0.4 is 5.32 Å². The smallest absolute Gasteiger partial charge is 0.324 e. The molecule has 172 valence electrons. The van der Waals surface area contributed by atoms with Gasteiger partial charge in [0, 0.05) is 23.5 Å². The molecule has 2 aliphatic rings. The molecule has 1 aliphatic heterocycles. The van der Waals surface area contributed by atoms with Crippen molar-refractivity contribution in [3.05, 3.63) is 47.4 Å². The fourth-order valence-electron chi connectivity index (χ4n) is 3.64. The van der Waals surface area contributed by atoms with Crippen molar-refractivity contribution in [1.82, 2.24) is 15.5 Å². The van der Waals surface area contributed by atoms with E-state index in [-0.39, 0.29) is 17.9 Å². The number of carbonyl (C=O) groups is 1. The van der Waals surface area contributed by atoms with Crippen LogP contribution in [0.2, 0.25) is 0 Å². The van der Waals surface area contributed by atoms with Gasteiger partial charge in [0.1, 0.15) is 18.4 Å². The Morgan fingerprint density at radius 2 is 1.90 bits per heavy atom. The fourth-order valence-corrected chi connectivity index (χ4v) is 3.64. The van der Waals surface area contributed by atoms with Crippen molar-refractivity contribution >= 4 is 5.97 Å². The molecule has 0 spiro atoms. The number of hydrogen-bond acceptors (Lipinski definition) is 6. The summed E-state index contributed by atoms with van der Waals surface area (Å²) in [4.78, 5) is 16.1. The standard InChI is InChI=1S/C22H31N3O4.C2H6/c1-6-14(7-2)18-24-20(25-29-18)22(5)9-8-21(3,4)11-17-15(10-22)12-23-16(13-28-17)19(26)27;1-2/h8-11,14,16,23H,6-7,12-13H2,1-5H3,(H,26,27);1-2H3/b9-8-,15-10-,17-11+;. The summed E-state index contributed by atoms with van der Waals surface area (Å²) in [5, 5.41) is 16.7. The third-order valence-electron chi connectivity index (χ3n) is 5.65. The second-order valence-electron chi connectivity index (χ2n) is 8.67. The van der Waals surface area contributed by atoms with Crippen molar-refractivity contribution in [3.8, 4) is 0 Å². The lowest BCUT2D eigenvalue weighted by atomic mass is 9.79. The highest BCUT2D eigenvalue weighted by molar-refractivity contribution is 5.73. The summed E-state index contributed by atoms with van der Waals surface area (Å²) in [6.45, 7) is 14.9. The molecule has 2 unspecified atom stereocenters. The molecule has 2 heterocycles. The highest BCUT2D eigenvalue weighted by Crippen LogP contribution is 2.36. The summed E-state index contributed by atoms with van der Waals surface area (Å²) >= 11 is 0. The average Bonchev–Trinajstić information content (AvgIpc) is 3.15. The highest BCUT2D eigenvalue weighted by atomic mass is 16.5. The molecule has 1 aromatic heterocycles. The van der Waals surface area contributed by atoms with Gasteiger partial charge in [-0.05, 0) is 25.8 Å². The van der Waals surface area contributed by atoms with E-state index in [1.807, 2.05) is 32.9 Å². The van der Waals surface area contributed by atoms with E-state index in [1.165, 1.54) is 0 Å². The van der Waals surface area contributed by atoms with Gasteiger partial charge in [-0.25, -0.2) is 0 Å². The molecule has 0 aromatic carbocycles. The molecule has 0 radical (unpaired) electrons. The predicted molar refractivity (Wildman–Crippen MR) is 121 cm³/mol. The molecule has 2 N–H and O–H groups in total. The Balaban J connectivity index is 0.00000166. The third kappa shape index (κ3) is 5.85. The Morgan fingerprint density at radius 3 is 2.52 bits per heavy atom. The number of aliphatic carboxylic acids is 1. The van der Waals surface area contributed by atoms with Gasteiger partial charge < -0.3 is 14.4 Å². The summed E-state index contributed by atoms with van der Waals surface area (Å²) in [6.07, 6.45) is 10.2. The number of nitrogens with zero attached hydrogens (tertiary/aromatic N) is 2. The van der Waals surface area contributed by atoms with Gasteiger partial charge in [-0.2, -0.15) is 4.98 Å². The third-order valence-corrected chi connectivity index (χ3v) is 5.65. The van der Waals surface area contributed by atoms with Crippen molar-refractivity contribution in [2.24, 2.45) is 5.41 Å². The van der Waals surface area contributed by atoms with Crippen LogP contribution in [0.15, 0.2) is 40.2 Å². The first kappa shape index (κ1) is 24.9. The SMILES string of the molecule is CC.CCC(CC)c1nc(C2(C)/C=C\C(C)(C)/C=C3/OCC(C(=O)O)NC/C3=C/2)no1. The maximum atomic E-state index is 11.4. The van der Waals surface area contributed by atoms with Gasteiger partial charge in [-0.3, -0.25) is 10.1 Å². The van der Waals surface area contributed by atoms with Crippen molar-refractivity contribution in [2.45, 2.75) is 78.7 Å². The van der Waals surface area contributed by atoms with Gasteiger partial charge in [0.05, 0.1) is 5.41 Å². The quantitative estimate of drug-likeness (QED) is 0.650. The lowest BCUT2D eigenvalue weighted by molar-refractivity contribution is -0.140. The molecule has 7 heteroatoms. The van der Waals surface area contributed by atoms with Crippen LogP contribution in [0.3, 0.4) is 0 Å². The lowest BCUT2D eigenvalue weighted by Gasteiger charge is -2.27. The van der Waals surface area contributed by atoms with Gasteiger partial charge in [0.25, 0.3) is 0 Å². The number of aromatic nitrogens is 2. The van der Waals surface area contributed by atoms with Crippen LogP contribution in [0, 0.1) is 5.41 Å². The monoisotopic (exact) mass is 431 g/mol. The van der Waals surface area contributed by atoms with Gasteiger partial charge in [-0.1, -0.05) is 64.9 Å². The van der Waals surface area contributed by atoms with Crippen molar-refractivity contribution in [3.63, 3.8) is 0 Å². The lowest BCUT2D eigenvalue weighted by Crippen LogP contribution is -2.39. The summed E-state index contributed by atoms with van der Waals surface area (Å²) in [6, 6.07) is -0.751. The molecule has 0 bridgehead atoms. The van der Waals surface area contributed by atoms with E-state index in [2.05, 4.69) is 50.3 Å². The predicted octanol–water partition coefficient (Wildman–Crippen LogP) is 4.74. The van der Waals surface area contributed by atoms with Crippen molar-refractivity contribution in [2.75, 3.05) is 13.2 Å². The Bertz CT molecular complexity index is 849. The molecule has 3 rings (SSSR count). The maximum absolute atomic E-state index is 11.4. The Kier molecular flexibility index (Phi) is 8.23. The van der Waals surface area contributed by atoms with Gasteiger partial charge in [-0.15, -0.1) is 0 Å². The number of hydrogen-bond donors (Lipinski definition) is 2. The number of rotatable bonds is 5.